The van der Waals surface area contributed by atoms with Crippen molar-refractivity contribution < 1.29 is 9.59 Å². The number of rotatable bonds is 3. The largest absolute Gasteiger partial charge is 0.346 e. The maximum atomic E-state index is 13.5. The number of hydrogen-bond acceptors (Lipinski definition) is 3. The van der Waals surface area contributed by atoms with Crippen LogP contribution in [0.25, 0.3) is 0 Å². The number of carbonyl (C=O) groups is 2. The van der Waals surface area contributed by atoms with Gasteiger partial charge in [0.05, 0.1) is 18.0 Å². The summed E-state index contributed by atoms with van der Waals surface area (Å²) in [6.07, 6.45) is 3.74. The lowest BCUT2D eigenvalue weighted by molar-refractivity contribution is -0.145. The highest BCUT2D eigenvalue weighted by atomic mass is 16.2. The molecule has 2 aromatic rings. The summed E-state index contributed by atoms with van der Waals surface area (Å²) in [6.45, 7) is 5.80. The van der Waals surface area contributed by atoms with E-state index in [9.17, 15) is 9.59 Å². The zero-order valence-electron chi connectivity index (χ0n) is 18.4. The molecule has 5 heteroatoms. The van der Waals surface area contributed by atoms with E-state index < -0.39 is 0 Å². The van der Waals surface area contributed by atoms with Crippen molar-refractivity contribution in [2.24, 2.45) is 5.92 Å². The summed E-state index contributed by atoms with van der Waals surface area (Å²) in [6, 6.07) is 14.4. The summed E-state index contributed by atoms with van der Waals surface area (Å²) in [5.41, 5.74) is 5.20. The van der Waals surface area contributed by atoms with Crippen LogP contribution < -0.4 is 10.6 Å². The average Bonchev–Trinajstić information content (AvgIpc) is 2.79. The van der Waals surface area contributed by atoms with Crippen LogP contribution in [0.15, 0.2) is 42.5 Å². The van der Waals surface area contributed by atoms with Crippen LogP contribution in [0.2, 0.25) is 0 Å². The van der Waals surface area contributed by atoms with Crippen molar-refractivity contribution in [3.8, 4) is 0 Å². The van der Waals surface area contributed by atoms with Gasteiger partial charge in [-0.15, -0.1) is 0 Å². The van der Waals surface area contributed by atoms with E-state index in [0.717, 1.165) is 61.0 Å². The Bertz CT molecular complexity index is 1000. The molecule has 0 bridgehead atoms. The summed E-state index contributed by atoms with van der Waals surface area (Å²) >= 11 is 0. The van der Waals surface area contributed by atoms with E-state index in [2.05, 4.69) is 28.5 Å². The normalized spacial score (nSPS) is 25.8. The molecule has 0 unspecified atom stereocenters. The van der Waals surface area contributed by atoms with Crippen LogP contribution in [-0.4, -0.2) is 35.8 Å². The van der Waals surface area contributed by atoms with Gasteiger partial charge >= 0.3 is 0 Å². The zero-order valence-corrected chi connectivity index (χ0v) is 18.4. The summed E-state index contributed by atoms with van der Waals surface area (Å²) in [7, 11) is 0. The number of hydrogen-bond donors (Lipinski definition) is 2. The van der Waals surface area contributed by atoms with E-state index in [1.807, 2.05) is 43.3 Å². The topological polar surface area (TPSA) is 61.4 Å². The van der Waals surface area contributed by atoms with Crippen LogP contribution in [0.1, 0.15) is 70.9 Å². The first-order valence-electron chi connectivity index (χ1n) is 11.6. The number of amides is 2. The molecule has 5 nitrogen and oxygen atoms in total. The van der Waals surface area contributed by atoms with E-state index in [1.54, 1.807) is 0 Å². The summed E-state index contributed by atoms with van der Waals surface area (Å²) in [5, 5.41) is 6.78. The lowest BCUT2D eigenvalue weighted by Gasteiger charge is -2.49. The van der Waals surface area contributed by atoms with Crippen molar-refractivity contribution in [2.45, 2.75) is 57.7 Å². The maximum Gasteiger partial charge on any atom is 0.252 e. The SMILES string of the molecule is Cc1cc2c(c(C(=O)N[C@H](C)c3ccccc3)c1)[C@@H]1C[C@H]3NCCC[C@H]3C(=O)N1CC2. The van der Waals surface area contributed by atoms with Gasteiger partial charge in [0.2, 0.25) is 5.91 Å². The van der Waals surface area contributed by atoms with Gasteiger partial charge in [-0.1, -0.05) is 42.0 Å². The molecule has 2 aromatic carbocycles. The van der Waals surface area contributed by atoms with Crippen molar-refractivity contribution in [3.05, 3.63) is 70.3 Å². The number of aryl methyl sites for hydroxylation is 1. The van der Waals surface area contributed by atoms with Crippen molar-refractivity contribution in [2.75, 3.05) is 13.1 Å². The second kappa shape index (κ2) is 8.12. The van der Waals surface area contributed by atoms with Gasteiger partial charge in [-0.3, -0.25) is 9.59 Å². The Morgan fingerprint density at radius 2 is 2.03 bits per heavy atom. The molecule has 162 valence electrons. The van der Waals surface area contributed by atoms with Crippen LogP contribution in [0.5, 0.6) is 0 Å². The Labute approximate surface area is 184 Å². The molecule has 0 radical (unpaired) electrons. The highest BCUT2D eigenvalue weighted by Gasteiger charge is 2.46. The van der Waals surface area contributed by atoms with Crippen molar-refractivity contribution in [3.63, 3.8) is 0 Å². The Morgan fingerprint density at radius 3 is 2.84 bits per heavy atom. The highest BCUT2D eigenvalue weighted by Crippen LogP contribution is 2.43. The van der Waals surface area contributed by atoms with Gasteiger partial charge in [-0.2, -0.15) is 0 Å². The number of nitrogens with zero attached hydrogens (tertiary/aromatic N) is 1. The van der Waals surface area contributed by atoms with Gasteiger partial charge in [0.15, 0.2) is 0 Å². The standard InChI is InChI=1S/C26H31N3O2/c1-16-13-19-10-12-29-23(15-22-20(26(29)31)9-6-11-27-22)24(19)21(14-16)25(30)28-17(2)18-7-4-3-5-8-18/h3-5,7-8,13-14,17,20,22-23,27H,6,9-12,15H2,1-2H3,(H,28,30)/t17-,20-,22-,23+/m1/s1. The molecule has 3 aliphatic heterocycles. The number of carbonyl (C=O) groups excluding carboxylic acids is 2. The summed E-state index contributed by atoms with van der Waals surface area (Å²) < 4.78 is 0. The Morgan fingerprint density at radius 1 is 1.23 bits per heavy atom. The molecule has 0 aromatic heterocycles. The molecule has 2 N–H and O–H groups in total. The molecule has 2 amide bonds. The van der Waals surface area contributed by atoms with Crippen LogP contribution in [0.4, 0.5) is 0 Å². The quantitative estimate of drug-likeness (QED) is 0.801. The zero-order chi connectivity index (χ0) is 21.5. The van der Waals surface area contributed by atoms with Crippen LogP contribution in [-0.2, 0) is 11.2 Å². The van der Waals surface area contributed by atoms with Gasteiger partial charge in [-0.05, 0) is 68.8 Å². The molecule has 3 aliphatic rings. The first-order chi connectivity index (χ1) is 15.0. The third-order valence-corrected chi connectivity index (χ3v) is 7.29. The molecule has 0 saturated carbocycles. The second-order valence-electron chi connectivity index (χ2n) is 9.33. The minimum Gasteiger partial charge on any atom is -0.346 e. The van der Waals surface area contributed by atoms with Gasteiger partial charge in [0.25, 0.3) is 5.91 Å². The van der Waals surface area contributed by atoms with Crippen LogP contribution in [0, 0.1) is 12.8 Å². The summed E-state index contributed by atoms with van der Waals surface area (Å²) in [5.74, 6) is 0.306. The molecule has 2 fully saturated rings. The van der Waals surface area contributed by atoms with Gasteiger partial charge in [0.1, 0.15) is 0 Å². The predicted octanol–water partition coefficient (Wildman–Crippen LogP) is 3.68. The van der Waals surface area contributed by atoms with Crippen molar-refractivity contribution >= 4 is 11.8 Å². The van der Waals surface area contributed by atoms with Crippen molar-refractivity contribution in [1.29, 1.82) is 0 Å². The van der Waals surface area contributed by atoms with Gasteiger partial charge < -0.3 is 15.5 Å². The minimum absolute atomic E-state index is 0.0171. The number of piperidine rings is 2. The number of nitrogens with one attached hydrogen (secondary N) is 2. The Balaban J connectivity index is 1.49. The fraction of sp³-hybridized carbons (Fsp3) is 0.462. The van der Waals surface area contributed by atoms with E-state index >= 15 is 0 Å². The van der Waals surface area contributed by atoms with Crippen LogP contribution >= 0.6 is 0 Å². The lowest BCUT2D eigenvalue weighted by atomic mass is 9.75. The molecule has 3 heterocycles. The van der Waals surface area contributed by atoms with E-state index in [-0.39, 0.29) is 35.9 Å². The second-order valence-corrected chi connectivity index (χ2v) is 9.33. The molecule has 0 aliphatic carbocycles. The van der Waals surface area contributed by atoms with E-state index in [1.165, 1.54) is 5.56 Å². The predicted molar refractivity (Wildman–Crippen MR) is 121 cm³/mol. The third kappa shape index (κ3) is 3.65. The first-order valence-corrected chi connectivity index (χ1v) is 11.6. The van der Waals surface area contributed by atoms with E-state index in [4.69, 9.17) is 0 Å². The molecular formula is C26H31N3O2. The Hall–Kier alpha value is -2.66. The van der Waals surface area contributed by atoms with E-state index in [0.29, 0.717) is 0 Å². The van der Waals surface area contributed by atoms with Gasteiger partial charge in [-0.25, -0.2) is 0 Å². The molecule has 5 rings (SSSR count). The molecule has 4 atom stereocenters. The number of fused-ring (bicyclic) bond motifs is 4. The molecular weight excluding hydrogens is 386 g/mol. The molecule has 31 heavy (non-hydrogen) atoms. The number of benzene rings is 2. The first kappa shape index (κ1) is 20.3. The molecule has 0 spiro atoms. The maximum absolute atomic E-state index is 13.5. The van der Waals surface area contributed by atoms with Crippen LogP contribution in [0.3, 0.4) is 0 Å². The fourth-order valence-corrected chi connectivity index (χ4v) is 5.77. The monoisotopic (exact) mass is 417 g/mol. The fourth-order valence-electron chi connectivity index (χ4n) is 5.77. The smallest absolute Gasteiger partial charge is 0.252 e. The summed E-state index contributed by atoms with van der Waals surface area (Å²) in [4.78, 5) is 28.8. The van der Waals surface area contributed by atoms with Crippen molar-refractivity contribution in [1.82, 2.24) is 15.5 Å². The third-order valence-electron chi connectivity index (χ3n) is 7.29. The molecule has 2 saturated heterocycles. The Kier molecular flexibility index (Phi) is 5.30. The lowest BCUT2D eigenvalue weighted by Crippen LogP contribution is -2.58. The van der Waals surface area contributed by atoms with Gasteiger partial charge in [0, 0.05) is 18.2 Å². The average molecular weight is 418 g/mol. The highest BCUT2D eigenvalue weighted by molar-refractivity contribution is 5.97. The minimum atomic E-state index is -0.0815.